The van der Waals surface area contributed by atoms with Gasteiger partial charge in [-0.15, -0.1) is 0 Å². The Morgan fingerprint density at radius 3 is 2.24 bits per heavy atom. The summed E-state index contributed by atoms with van der Waals surface area (Å²) in [5.74, 6) is -1.80. The molecule has 3 aromatic rings. The zero-order chi connectivity index (χ0) is 30.0. The number of ketones is 1. The standard InChI is InChI=1S/C33H32F3NO5/c1-20-8-17-27(42-19-21-6-4-3-5-7-21)26(18-20)30(38)28-29(22-9-11-23(12-10-22)33(34,35)36)37(32(40)31(28)39)24-13-15-25(41-2)16-14-24/h3-12,17-18,24-25,29,38H,13-16,19H2,1-2H3/t24?,25?,29-/m1/s1. The van der Waals surface area contributed by atoms with Gasteiger partial charge in [0, 0.05) is 13.2 Å². The van der Waals surface area contributed by atoms with E-state index in [1.807, 2.05) is 37.3 Å². The van der Waals surface area contributed by atoms with Crippen LogP contribution in [0.4, 0.5) is 13.2 Å². The van der Waals surface area contributed by atoms with Crippen LogP contribution in [-0.2, 0) is 27.1 Å². The molecule has 0 radical (unpaired) electrons. The summed E-state index contributed by atoms with van der Waals surface area (Å²) in [7, 11) is 1.62. The van der Waals surface area contributed by atoms with Gasteiger partial charge in [-0.05, 0) is 68.0 Å². The van der Waals surface area contributed by atoms with Crippen LogP contribution in [0.25, 0.3) is 5.76 Å². The Kier molecular flexibility index (Phi) is 8.41. The van der Waals surface area contributed by atoms with Crippen LogP contribution < -0.4 is 4.74 Å². The number of carbonyl (C=O) groups excluding carboxylic acids is 2. The molecule has 0 bridgehead atoms. The zero-order valence-electron chi connectivity index (χ0n) is 23.4. The summed E-state index contributed by atoms with van der Waals surface area (Å²) in [6.45, 7) is 2.02. The number of benzene rings is 3. The highest BCUT2D eigenvalue weighted by Crippen LogP contribution is 2.45. The maximum absolute atomic E-state index is 13.6. The molecule has 0 unspecified atom stereocenters. The lowest BCUT2D eigenvalue weighted by Gasteiger charge is -2.37. The molecule has 220 valence electrons. The summed E-state index contributed by atoms with van der Waals surface area (Å²) in [6, 6.07) is 17.5. The highest BCUT2D eigenvalue weighted by molar-refractivity contribution is 6.46. The summed E-state index contributed by atoms with van der Waals surface area (Å²) in [6.07, 6.45) is -2.08. The molecule has 1 saturated heterocycles. The Balaban J connectivity index is 1.60. The number of aryl methyl sites for hydroxylation is 1. The number of hydrogen-bond acceptors (Lipinski definition) is 5. The van der Waals surface area contributed by atoms with Gasteiger partial charge in [0.15, 0.2) is 0 Å². The van der Waals surface area contributed by atoms with Crippen molar-refractivity contribution in [3.05, 3.63) is 106 Å². The van der Waals surface area contributed by atoms with E-state index in [2.05, 4.69) is 0 Å². The molecule has 2 fully saturated rings. The third-order valence-corrected chi connectivity index (χ3v) is 8.03. The summed E-state index contributed by atoms with van der Waals surface area (Å²) in [5, 5.41) is 11.7. The Morgan fingerprint density at radius 1 is 0.952 bits per heavy atom. The van der Waals surface area contributed by atoms with Crippen LogP contribution in [0.3, 0.4) is 0 Å². The largest absolute Gasteiger partial charge is 0.507 e. The van der Waals surface area contributed by atoms with E-state index >= 15 is 0 Å². The van der Waals surface area contributed by atoms with Crippen molar-refractivity contribution in [3.63, 3.8) is 0 Å². The normalized spacial score (nSPS) is 22.4. The molecule has 1 heterocycles. The van der Waals surface area contributed by atoms with Crippen molar-refractivity contribution in [1.82, 2.24) is 4.90 Å². The van der Waals surface area contributed by atoms with Gasteiger partial charge in [-0.3, -0.25) is 9.59 Å². The molecule has 1 atom stereocenters. The Hall–Kier alpha value is -4.11. The number of carbonyl (C=O) groups is 2. The molecule has 3 aromatic carbocycles. The van der Waals surface area contributed by atoms with E-state index in [9.17, 15) is 27.9 Å². The molecule has 1 saturated carbocycles. The van der Waals surface area contributed by atoms with E-state index in [1.54, 1.807) is 25.3 Å². The van der Waals surface area contributed by atoms with Gasteiger partial charge < -0.3 is 19.5 Å². The predicted octanol–water partition coefficient (Wildman–Crippen LogP) is 6.97. The molecule has 1 aliphatic carbocycles. The molecule has 0 aromatic heterocycles. The van der Waals surface area contributed by atoms with Crippen molar-refractivity contribution in [2.75, 3.05) is 7.11 Å². The topological polar surface area (TPSA) is 76.1 Å². The first kappa shape index (κ1) is 29.4. The quantitative estimate of drug-likeness (QED) is 0.186. The van der Waals surface area contributed by atoms with Crippen LogP contribution in [0, 0.1) is 6.92 Å². The number of nitrogens with zero attached hydrogens (tertiary/aromatic N) is 1. The van der Waals surface area contributed by atoms with Crippen molar-refractivity contribution in [1.29, 1.82) is 0 Å². The highest BCUT2D eigenvalue weighted by atomic mass is 19.4. The number of rotatable bonds is 7. The minimum atomic E-state index is -4.55. The van der Waals surface area contributed by atoms with E-state index in [1.165, 1.54) is 17.0 Å². The molecule has 0 spiro atoms. The minimum absolute atomic E-state index is 0.0270. The highest BCUT2D eigenvalue weighted by Gasteiger charge is 2.49. The van der Waals surface area contributed by atoms with Crippen molar-refractivity contribution >= 4 is 17.4 Å². The average molecular weight is 580 g/mol. The Bertz CT molecular complexity index is 1480. The fourth-order valence-electron chi connectivity index (χ4n) is 5.80. The first-order chi connectivity index (χ1) is 20.1. The van der Waals surface area contributed by atoms with Gasteiger partial charge in [-0.1, -0.05) is 54.1 Å². The van der Waals surface area contributed by atoms with Gasteiger partial charge in [-0.2, -0.15) is 13.2 Å². The third-order valence-electron chi connectivity index (χ3n) is 8.03. The van der Waals surface area contributed by atoms with E-state index in [-0.39, 0.29) is 29.9 Å². The number of methoxy groups -OCH3 is 1. The molecule has 1 N–H and O–H groups in total. The number of halogens is 3. The minimum Gasteiger partial charge on any atom is -0.507 e. The molecule has 2 aliphatic rings. The molecule has 1 amide bonds. The second-order valence-corrected chi connectivity index (χ2v) is 10.8. The van der Waals surface area contributed by atoms with E-state index in [0.29, 0.717) is 37.0 Å². The first-order valence-electron chi connectivity index (χ1n) is 13.9. The van der Waals surface area contributed by atoms with Crippen LogP contribution in [0.15, 0.2) is 78.4 Å². The molecule has 9 heteroatoms. The average Bonchev–Trinajstić information content (AvgIpc) is 3.26. The number of likely N-dealkylation sites (tertiary alicyclic amines) is 1. The lowest BCUT2D eigenvalue weighted by molar-refractivity contribution is -0.142. The van der Waals surface area contributed by atoms with E-state index in [4.69, 9.17) is 9.47 Å². The summed E-state index contributed by atoms with van der Waals surface area (Å²) < 4.78 is 51.6. The number of alkyl halides is 3. The number of aliphatic hydroxyl groups excluding tert-OH is 1. The lowest BCUT2D eigenvalue weighted by Crippen LogP contribution is -2.42. The number of aliphatic hydroxyl groups is 1. The maximum Gasteiger partial charge on any atom is 0.416 e. The number of Topliss-reactive ketones (excluding diaryl/α,β-unsaturated/α-hetero) is 1. The molecule has 1 aliphatic heterocycles. The summed E-state index contributed by atoms with van der Waals surface area (Å²) >= 11 is 0. The van der Waals surface area contributed by atoms with Gasteiger partial charge in [0.2, 0.25) is 0 Å². The van der Waals surface area contributed by atoms with Crippen LogP contribution in [0.5, 0.6) is 5.75 Å². The number of hydrogen-bond donors (Lipinski definition) is 1. The maximum atomic E-state index is 13.6. The zero-order valence-corrected chi connectivity index (χ0v) is 23.4. The second-order valence-electron chi connectivity index (χ2n) is 10.8. The van der Waals surface area contributed by atoms with E-state index < -0.39 is 35.2 Å². The van der Waals surface area contributed by atoms with Crippen LogP contribution in [0.1, 0.15) is 59.5 Å². The molecular weight excluding hydrogens is 547 g/mol. The smallest absolute Gasteiger partial charge is 0.416 e. The Labute approximate surface area is 242 Å². The molecular formula is C33H32F3NO5. The van der Waals surface area contributed by atoms with Gasteiger partial charge in [-0.25, -0.2) is 0 Å². The number of amides is 1. The molecule has 6 nitrogen and oxygen atoms in total. The van der Waals surface area contributed by atoms with Crippen LogP contribution in [0.2, 0.25) is 0 Å². The monoisotopic (exact) mass is 579 g/mol. The van der Waals surface area contributed by atoms with Crippen LogP contribution in [-0.4, -0.2) is 41.0 Å². The fourth-order valence-corrected chi connectivity index (χ4v) is 5.80. The second kappa shape index (κ2) is 12.0. The van der Waals surface area contributed by atoms with Gasteiger partial charge in [0.05, 0.1) is 28.8 Å². The number of ether oxygens (including phenoxy) is 2. The molecule has 42 heavy (non-hydrogen) atoms. The first-order valence-corrected chi connectivity index (χ1v) is 13.9. The lowest BCUT2D eigenvalue weighted by atomic mass is 9.89. The summed E-state index contributed by atoms with van der Waals surface area (Å²) in [4.78, 5) is 28.6. The van der Waals surface area contributed by atoms with Gasteiger partial charge in [0.1, 0.15) is 18.1 Å². The van der Waals surface area contributed by atoms with Crippen LogP contribution >= 0.6 is 0 Å². The third kappa shape index (κ3) is 5.92. The van der Waals surface area contributed by atoms with Crippen molar-refractivity contribution < 1.29 is 37.3 Å². The van der Waals surface area contributed by atoms with E-state index in [0.717, 1.165) is 23.3 Å². The Morgan fingerprint density at radius 2 is 1.62 bits per heavy atom. The van der Waals surface area contributed by atoms with Gasteiger partial charge >= 0.3 is 6.18 Å². The molecule has 5 rings (SSSR count). The predicted molar refractivity (Wildman–Crippen MR) is 151 cm³/mol. The summed E-state index contributed by atoms with van der Waals surface area (Å²) in [5.41, 5.74) is 1.18. The van der Waals surface area contributed by atoms with Crippen molar-refractivity contribution in [3.8, 4) is 5.75 Å². The van der Waals surface area contributed by atoms with Gasteiger partial charge in [0.25, 0.3) is 11.7 Å². The van der Waals surface area contributed by atoms with Crippen molar-refractivity contribution in [2.45, 2.75) is 63.6 Å². The fraction of sp³-hybridized carbons (Fsp3) is 0.333. The SMILES string of the molecule is COC1CCC(N2C(=O)C(=O)C(=C(O)c3cc(C)ccc3OCc3ccccc3)[C@H]2c2ccc(C(F)(F)F)cc2)CC1. The van der Waals surface area contributed by atoms with Crippen molar-refractivity contribution in [2.24, 2.45) is 0 Å².